The number of benzene rings is 2. The second kappa shape index (κ2) is 14.3. The summed E-state index contributed by atoms with van der Waals surface area (Å²) in [6.45, 7) is 4.08. The van der Waals surface area contributed by atoms with Gasteiger partial charge in [0.2, 0.25) is 5.91 Å². The van der Waals surface area contributed by atoms with E-state index < -0.39 is 24.0 Å². The summed E-state index contributed by atoms with van der Waals surface area (Å²) in [5.74, 6) is 0.118. The molecular formula is C25H32N2O4S. The fourth-order valence-corrected chi connectivity index (χ4v) is 4.14. The van der Waals surface area contributed by atoms with Crippen molar-refractivity contribution in [1.82, 2.24) is 10.6 Å². The Morgan fingerprint density at radius 3 is 2.19 bits per heavy atom. The van der Waals surface area contributed by atoms with Crippen molar-refractivity contribution in [2.24, 2.45) is 0 Å². The molecule has 0 fully saturated rings. The molecule has 2 aromatic rings. The zero-order valence-electron chi connectivity index (χ0n) is 18.7. The maximum Gasteiger partial charge on any atom is 0.329 e. The van der Waals surface area contributed by atoms with Crippen LogP contribution in [0.1, 0.15) is 42.6 Å². The summed E-state index contributed by atoms with van der Waals surface area (Å²) in [4.78, 5) is 38.3. The monoisotopic (exact) mass is 456 g/mol. The molecule has 0 spiro atoms. The summed E-state index contributed by atoms with van der Waals surface area (Å²) in [6.07, 6.45) is 2.41. The fourth-order valence-electron chi connectivity index (χ4n) is 3.02. The van der Waals surface area contributed by atoms with Gasteiger partial charge < -0.3 is 15.4 Å². The van der Waals surface area contributed by atoms with Gasteiger partial charge in [0.05, 0.1) is 6.61 Å². The minimum Gasteiger partial charge on any atom is -0.464 e. The van der Waals surface area contributed by atoms with Crippen molar-refractivity contribution in [3.63, 3.8) is 0 Å². The minimum atomic E-state index is -0.831. The molecule has 2 rings (SSSR count). The predicted octanol–water partition coefficient (Wildman–Crippen LogP) is 3.61. The number of unbranched alkanes of at least 4 members (excludes halogenated alkanes) is 1. The highest BCUT2D eigenvalue weighted by atomic mass is 32.2. The Morgan fingerprint density at radius 1 is 0.906 bits per heavy atom. The standard InChI is InChI=1S/C25H32N2O4S/c1-3-5-16-32-18-22(25(30)31-4-2)27-24(29)21(17-19-12-8-6-9-13-19)26-23(28)20-14-10-7-11-15-20/h6-15,21-22H,3-5,16-18H2,1-2H3,(H,26,28)(H,27,29)/t21-,22-/m0/s1. The van der Waals surface area contributed by atoms with Crippen LogP contribution in [-0.2, 0) is 20.7 Å². The highest BCUT2D eigenvalue weighted by molar-refractivity contribution is 7.99. The van der Waals surface area contributed by atoms with E-state index in [0.717, 1.165) is 24.2 Å². The SMILES string of the molecule is CCCCSC[C@H](NC(=O)[C@H](Cc1ccccc1)NC(=O)c1ccccc1)C(=O)OCC. The summed E-state index contributed by atoms with van der Waals surface area (Å²) >= 11 is 1.61. The molecule has 7 heteroatoms. The normalized spacial score (nSPS) is 12.4. The predicted molar refractivity (Wildman–Crippen MR) is 129 cm³/mol. The number of carbonyl (C=O) groups is 3. The molecule has 0 aliphatic heterocycles. The molecule has 2 amide bonds. The summed E-state index contributed by atoms with van der Waals surface area (Å²) < 4.78 is 5.16. The number of carbonyl (C=O) groups excluding carboxylic acids is 3. The Hall–Kier alpha value is -2.80. The quantitative estimate of drug-likeness (QED) is 0.355. The Morgan fingerprint density at radius 2 is 1.56 bits per heavy atom. The average molecular weight is 457 g/mol. The first-order valence-electron chi connectivity index (χ1n) is 11.0. The second-order valence-corrected chi connectivity index (χ2v) is 8.47. The lowest BCUT2D eigenvalue weighted by Gasteiger charge is -2.23. The van der Waals surface area contributed by atoms with E-state index in [9.17, 15) is 14.4 Å². The second-order valence-electron chi connectivity index (χ2n) is 7.32. The van der Waals surface area contributed by atoms with Gasteiger partial charge in [0.25, 0.3) is 5.91 Å². The number of nitrogens with one attached hydrogen (secondary N) is 2. The molecule has 0 saturated heterocycles. The molecule has 0 aliphatic carbocycles. The smallest absolute Gasteiger partial charge is 0.329 e. The third kappa shape index (κ3) is 8.75. The van der Waals surface area contributed by atoms with Gasteiger partial charge in [-0.05, 0) is 36.8 Å². The molecule has 0 heterocycles. The van der Waals surface area contributed by atoms with Crippen molar-refractivity contribution in [3.05, 3.63) is 71.8 Å². The molecule has 2 aromatic carbocycles. The molecule has 0 bridgehead atoms. The largest absolute Gasteiger partial charge is 0.464 e. The Kier molecular flexibility index (Phi) is 11.4. The molecule has 6 nitrogen and oxygen atoms in total. The van der Waals surface area contributed by atoms with Crippen LogP contribution in [0.25, 0.3) is 0 Å². The molecule has 0 aromatic heterocycles. The molecule has 172 valence electrons. The first-order valence-corrected chi connectivity index (χ1v) is 12.1. The summed E-state index contributed by atoms with van der Waals surface area (Å²) in [5, 5.41) is 5.63. The van der Waals surface area contributed by atoms with E-state index in [4.69, 9.17) is 4.74 Å². The number of hydrogen-bond donors (Lipinski definition) is 2. The van der Waals surface area contributed by atoms with Crippen LogP contribution in [0.2, 0.25) is 0 Å². The van der Waals surface area contributed by atoms with E-state index >= 15 is 0 Å². The van der Waals surface area contributed by atoms with E-state index in [1.165, 1.54) is 0 Å². The van der Waals surface area contributed by atoms with Gasteiger partial charge in [-0.15, -0.1) is 0 Å². The molecule has 0 radical (unpaired) electrons. The van der Waals surface area contributed by atoms with Gasteiger partial charge in [-0.1, -0.05) is 61.9 Å². The Balaban J connectivity index is 2.14. The van der Waals surface area contributed by atoms with Crippen molar-refractivity contribution in [3.8, 4) is 0 Å². The van der Waals surface area contributed by atoms with Gasteiger partial charge in [0.1, 0.15) is 12.1 Å². The van der Waals surface area contributed by atoms with Crippen molar-refractivity contribution >= 4 is 29.5 Å². The van der Waals surface area contributed by atoms with Gasteiger partial charge in [0.15, 0.2) is 0 Å². The highest BCUT2D eigenvalue weighted by Gasteiger charge is 2.28. The van der Waals surface area contributed by atoms with Gasteiger partial charge in [-0.3, -0.25) is 9.59 Å². The maximum atomic E-state index is 13.2. The number of thioether (sulfide) groups is 1. The fraction of sp³-hybridized carbons (Fsp3) is 0.400. The molecule has 32 heavy (non-hydrogen) atoms. The first kappa shape index (κ1) is 25.5. The van der Waals surface area contributed by atoms with Gasteiger partial charge in [-0.2, -0.15) is 11.8 Å². The van der Waals surface area contributed by atoms with Crippen LogP contribution in [0.4, 0.5) is 0 Å². The average Bonchev–Trinajstić information content (AvgIpc) is 2.81. The van der Waals surface area contributed by atoms with Gasteiger partial charge in [-0.25, -0.2) is 4.79 Å². The maximum absolute atomic E-state index is 13.2. The number of rotatable bonds is 13. The van der Waals surface area contributed by atoms with E-state index in [1.54, 1.807) is 43.0 Å². The topological polar surface area (TPSA) is 84.5 Å². The van der Waals surface area contributed by atoms with E-state index in [-0.39, 0.29) is 12.5 Å². The molecule has 0 aliphatic rings. The number of amides is 2. The van der Waals surface area contributed by atoms with E-state index in [0.29, 0.717) is 17.7 Å². The molecule has 0 unspecified atom stereocenters. The zero-order chi connectivity index (χ0) is 23.2. The van der Waals surface area contributed by atoms with Crippen molar-refractivity contribution < 1.29 is 19.1 Å². The van der Waals surface area contributed by atoms with Crippen molar-refractivity contribution in [2.45, 2.75) is 45.2 Å². The number of hydrogen-bond acceptors (Lipinski definition) is 5. The first-order chi connectivity index (χ1) is 15.5. The van der Waals surface area contributed by atoms with Crippen LogP contribution in [0.5, 0.6) is 0 Å². The van der Waals surface area contributed by atoms with Crippen LogP contribution < -0.4 is 10.6 Å². The van der Waals surface area contributed by atoms with Crippen LogP contribution in [0, 0.1) is 0 Å². The number of ether oxygens (including phenoxy) is 1. The molecule has 0 saturated carbocycles. The Bertz CT molecular complexity index is 846. The highest BCUT2D eigenvalue weighted by Crippen LogP contribution is 2.10. The van der Waals surface area contributed by atoms with E-state index in [1.807, 2.05) is 36.4 Å². The van der Waals surface area contributed by atoms with Crippen LogP contribution in [0.15, 0.2) is 60.7 Å². The lowest BCUT2D eigenvalue weighted by molar-refractivity contribution is -0.146. The van der Waals surface area contributed by atoms with Crippen LogP contribution in [-0.4, -0.2) is 48.0 Å². The third-order valence-corrected chi connectivity index (χ3v) is 5.90. The molecular weight excluding hydrogens is 424 g/mol. The zero-order valence-corrected chi connectivity index (χ0v) is 19.5. The van der Waals surface area contributed by atoms with Crippen LogP contribution in [0.3, 0.4) is 0 Å². The van der Waals surface area contributed by atoms with Gasteiger partial charge >= 0.3 is 5.97 Å². The summed E-state index contributed by atoms with van der Waals surface area (Å²) in [7, 11) is 0. The van der Waals surface area contributed by atoms with Crippen LogP contribution >= 0.6 is 11.8 Å². The minimum absolute atomic E-state index is 0.239. The summed E-state index contributed by atoms with van der Waals surface area (Å²) in [5.41, 5.74) is 1.38. The lowest BCUT2D eigenvalue weighted by Crippen LogP contribution is -2.53. The third-order valence-electron chi connectivity index (χ3n) is 4.75. The van der Waals surface area contributed by atoms with Gasteiger partial charge in [0, 0.05) is 17.7 Å². The summed E-state index contributed by atoms with van der Waals surface area (Å²) in [6, 6.07) is 16.6. The lowest BCUT2D eigenvalue weighted by atomic mass is 10.0. The van der Waals surface area contributed by atoms with Crippen molar-refractivity contribution in [1.29, 1.82) is 0 Å². The molecule has 2 atom stereocenters. The number of esters is 1. The molecule has 2 N–H and O–H groups in total. The van der Waals surface area contributed by atoms with Crippen molar-refractivity contribution in [2.75, 3.05) is 18.1 Å². The van der Waals surface area contributed by atoms with E-state index in [2.05, 4.69) is 17.6 Å². The Labute approximate surface area is 194 Å².